The molecular weight excluding hydrogens is 233 g/mol. The van der Waals surface area contributed by atoms with Gasteiger partial charge in [-0.2, -0.15) is 0 Å². The van der Waals surface area contributed by atoms with Gasteiger partial charge in [-0.15, -0.1) is 0 Å². The van der Waals surface area contributed by atoms with Crippen molar-refractivity contribution in [3.63, 3.8) is 0 Å². The Morgan fingerprint density at radius 3 is 2.67 bits per heavy atom. The molecule has 1 aromatic carbocycles. The smallest absolute Gasteiger partial charge is 0.168 e. The molecule has 2 rings (SSSR count). The molecule has 96 valence electrons. The normalized spacial score (nSPS) is 12.4. The summed E-state index contributed by atoms with van der Waals surface area (Å²) in [6, 6.07) is 8.64. The van der Waals surface area contributed by atoms with E-state index in [0.717, 1.165) is 5.76 Å². The lowest BCUT2D eigenvalue weighted by Gasteiger charge is -2.16. The van der Waals surface area contributed by atoms with Crippen LogP contribution in [0.2, 0.25) is 0 Å². The first-order valence-corrected chi connectivity index (χ1v) is 5.80. The molecule has 0 saturated heterocycles. The van der Waals surface area contributed by atoms with E-state index in [0.29, 0.717) is 11.3 Å². The fourth-order valence-corrected chi connectivity index (χ4v) is 1.71. The lowest BCUT2D eigenvalue weighted by atomic mass is 10.2. The van der Waals surface area contributed by atoms with Gasteiger partial charge in [0.05, 0.1) is 0 Å². The SMILES string of the molecule is Cc1ccc(C(CN)Oc2cccc(C)c2F)o1. The highest BCUT2D eigenvalue weighted by molar-refractivity contribution is 5.30. The van der Waals surface area contributed by atoms with Gasteiger partial charge >= 0.3 is 0 Å². The Morgan fingerprint density at radius 2 is 2.06 bits per heavy atom. The Bertz CT molecular complexity index is 536. The number of hydrogen-bond acceptors (Lipinski definition) is 3. The van der Waals surface area contributed by atoms with Gasteiger partial charge in [-0.25, -0.2) is 4.39 Å². The van der Waals surface area contributed by atoms with Gasteiger partial charge in [0.25, 0.3) is 0 Å². The van der Waals surface area contributed by atoms with E-state index in [4.69, 9.17) is 14.9 Å². The fraction of sp³-hybridized carbons (Fsp3) is 0.286. The molecule has 0 aliphatic carbocycles. The quantitative estimate of drug-likeness (QED) is 0.905. The lowest BCUT2D eigenvalue weighted by molar-refractivity contribution is 0.174. The molecule has 0 amide bonds. The largest absolute Gasteiger partial charge is 0.478 e. The summed E-state index contributed by atoms with van der Waals surface area (Å²) in [5, 5.41) is 0. The number of furan rings is 1. The van der Waals surface area contributed by atoms with E-state index in [9.17, 15) is 4.39 Å². The zero-order valence-electron chi connectivity index (χ0n) is 10.4. The first kappa shape index (κ1) is 12.6. The van der Waals surface area contributed by atoms with Crippen LogP contribution in [0, 0.1) is 19.7 Å². The summed E-state index contributed by atoms with van der Waals surface area (Å²) < 4.78 is 24.9. The number of benzene rings is 1. The number of nitrogens with two attached hydrogens (primary N) is 1. The molecule has 0 bridgehead atoms. The van der Waals surface area contributed by atoms with Crippen molar-refractivity contribution < 1.29 is 13.5 Å². The maximum Gasteiger partial charge on any atom is 0.168 e. The second-order valence-electron chi connectivity index (χ2n) is 4.18. The van der Waals surface area contributed by atoms with Crippen LogP contribution in [0.25, 0.3) is 0 Å². The van der Waals surface area contributed by atoms with Crippen molar-refractivity contribution >= 4 is 0 Å². The van der Waals surface area contributed by atoms with E-state index in [-0.39, 0.29) is 18.1 Å². The van der Waals surface area contributed by atoms with Crippen molar-refractivity contribution in [2.24, 2.45) is 5.73 Å². The third-order valence-corrected chi connectivity index (χ3v) is 2.72. The standard InChI is InChI=1S/C14H16FNO2/c1-9-4-3-5-12(14(9)15)18-13(8-16)11-7-6-10(2)17-11/h3-7,13H,8,16H2,1-2H3. The average Bonchev–Trinajstić information content (AvgIpc) is 2.78. The number of aryl methyl sites for hydroxylation is 2. The van der Waals surface area contributed by atoms with Crippen molar-refractivity contribution in [3.8, 4) is 5.75 Å². The number of halogens is 1. The Balaban J connectivity index is 2.23. The number of ether oxygens (including phenoxy) is 1. The highest BCUT2D eigenvalue weighted by Gasteiger charge is 2.17. The maximum atomic E-state index is 13.8. The Labute approximate surface area is 105 Å². The van der Waals surface area contributed by atoms with Crippen LogP contribution in [-0.2, 0) is 0 Å². The maximum absolute atomic E-state index is 13.8. The zero-order chi connectivity index (χ0) is 13.1. The molecule has 0 fully saturated rings. The summed E-state index contributed by atoms with van der Waals surface area (Å²) in [5.74, 6) is 1.21. The second-order valence-corrected chi connectivity index (χ2v) is 4.18. The van der Waals surface area contributed by atoms with E-state index >= 15 is 0 Å². The third-order valence-electron chi connectivity index (χ3n) is 2.72. The second kappa shape index (κ2) is 5.23. The summed E-state index contributed by atoms with van der Waals surface area (Å²) in [7, 11) is 0. The van der Waals surface area contributed by atoms with Crippen LogP contribution in [0.4, 0.5) is 4.39 Å². The predicted octanol–water partition coefficient (Wildman–Crippen LogP) is 3.11. The first-order chi connectivity index (χ1) is 8.61. The average molecular weight is 249 g/mol. The van der Waals surface area contributed by atoms with Crippen LogP contribution in [0.1, 0.15) is 23.2 Å². The van der Waals surface area contributed by atoms with Crippen molar-refractivity contribution in [2.75, 3.05) is 6.54 Å². The number of rotatable bonds is 4. The summed E-state index contributed by atoms with van der Waals surface area (Å²) in [6.45, 7) is 3.75. The zero-order valence-corrected chi connectivity index (χ0v) is 10.4. The molecule has 18 heavy (non-hydrogen) atoms. The van der Waals surface area contributed by atoms with Crippen molar-refractivity contribution in [3.05, 3.63) is 53.2 Å². The molecule has 2 N–H and O–H groups in total. The first-order valence-electron chi connectivity index (χ1n) is 5.80. The van der Waals surface area contributed by atoms with Crippen LogP contribution in [0.5, 0.6) is 5.75 Å². The molecule has 0 radical (unpaired) electrons. The molecule has 1 unspecified atom stereocenters. The summed E-state index contributed by atoms with van der Waals surface area (Å²) in [4.78, 5) is 0. The number of hydrogen-bond donors (Lipinski definition) is 1. The van der Waals surface area contributed by atoms with Gasteiger partial charge in [0.1, 0.15) is 11.5 Å². The highest BCUT2D eigenvalue weighted by Crippen LogP contribution is 2.26. The van der Waals surface area contributed by atoms with Crippen LogP contribution < -0.4 is 10.5 Å². The lowest BCUT2D eigenvalue weighted by Crippen LogP contribution is -2.18. The molecule has 0 spiro atoms. The fourth-order valence-electron chi connectivity index (χ4n) is 1.71. The summed E-state index contributed by atoms with van der Waals surface area (Å²) >= 11 is 0. The van der Waals surface area contributed by atoms with E-state index in [1.165, 1.54) is 0 Å². The van der Waals surface area contributed by atoms with Gasteiger partial charge in [-0.3, -0.25) is 0 Å². The minimum atomic E-state index is -0.477. The molecular formula is C14H16FNO2. The Kier molecular flexibility index (Phi) is 3.67. The van der Waals surface area contributed by atoms with E-state index in [1.807, 2.05) is 13.0 Å². The minimum Gasteiger partial charge on any atom is -0.478 e. The van der Waals surface area contributed by atoms with Gasteiger partial charge in [-0.1, -0.05) is 12.1 Å². The third kappa shape index (κ3) is 2.54. The van der Waals surface area contributed by atoms with Crippen LogP contribution in [0.3, 0.4) is 0 Å². The van der Waals surface area contributed by atoms with Crippen LogP contribution in [0.15, 0.2) is 34.7 Å². The molecule has 0 saturated carbocycles. The van der Waals surface area contributed by atoms with Gasteiger partial charge in [-0.05, 0) is 37.6 Å². The molecule has 1 aromatic heterocycles. The van der Waals surface area contributed by atoms with Crippen molar-refractivity contribution in [1.29, 1.82) is 0 Å². The van der Waals surface area contributed by atoms with E-state index in [1.54, 1.807) is 31.2 Å². The van der Waals surface area contributed by atoms with Gasteiger partial charge in [0.15, 0.2) is 17.7 Å². The molecule has 3 nitrogen and oxygen atoms in total. The Morgan fingerprint density at radius 1 is 1.28 bits per heavy atom. The molecule has 2 aromatic rings. The Hall–Kier alpha value is -1.81. The highest BCUT2D eigenvalue weighted by atomic mass is 19.1. The molecule has 1 atom stereocenters. The molecule has 0 aliphatic heterocycles. The predicted molar refractivity (Wildman–Crippen MR) is 67.0 cm³/mol. The summed E-state index contributed by atoms with van der Waals surface area (Å²) in [5.41, 5.74) is 6.18. The van der Waals surface area contributed by atoms with E-state index in [2.05, 4.69) is 0 Å². The topological polar surface area (TPSA) is 48.4 Å². The summed E-state index contributed by atoms with van der Waals surface area (Å²) in [6.07, 6.45) is -0.477. The molecule has 4 heteroatoms. The van der Waals surface area contributed by atoms with Crippen molar-refractivity contribution in [1.82, 2.24) is 0 Å². The van der Waals surface area contributed by atoms with Gasteiger partial charge in [0, 0.05) is 6.54 Å². The molecule has 1 heterocycles. The minimum absolute atomic E-state index is 0.194. The van der Waals surface area contributed by atoms with Crippen LogP contribution >= 0.6 is 0 Å². The van der Waals surface area contributed by atoms with Gasteiger partial charge < -0.3 is 14.9 Å². The van der Waals surface area contributed by atoms with Crippen LogP contribution in [-0.4, -0.2) is 6.54 Å². The molecule has 0 aliphatic rings. The monoisotopic (exact) mass is 249 g/mol. The van der Waals surface area contributed by atoms with Gasteiger partial charge in [0.2, 0.25) is 0 Å². The van der Waals surface area contributed by atoms with E-state index < -0.39 is 6.10 Å². The van der Waals surface area contributed by atoms with Crippen molar-refractivity contribution in [2.45, 2.75) is 20.0 Å².